The van der Waals surface area contributed by atoms with E-state index >= 15 is 0 Å². The van der Waals surface area contributed by atoms with E-state index in [4.69, 9.17) is 4.74 Å². The Hall–Kier alpha value is -1.11. The second-order valence-corrected chi connectivity index (χ2v) is 7.41. The molecule has 0 spiro atoms. The van der Waals surface area contributed by atoms with Crippen LogP contribution in [0.2, 0.25) is 0 Å². The van der Waals surface area contributed by atoms with Gasteiger partial charge in [-0.05, 0) is 50.2 Å². The van der Waals surface area contributed by atoms with E-state index in [-0.39, 0.29) is 12.1 Å². The quantitative estimate of drug-likeness (QED) is 0.831. The first kappa shape index (κ1) is 16.7. The Kier molecular flexibility index (Phi) is 6.30. The number of hydrogen-bond acceptors (Lipinski definition) is 4. The summed E-state index contributed by atoms with van der Waals surface area (Å²) in [4.78, 5) is 18.1. The van der Waals surface area contributed by atoms with Crippen LogP contribution < -0.4 is 5.32 Å². The van der Waals surface area contributed by atoms with Crippen LogP contribution in [0.4, 0.5) is 4.79 Å². The van der Waals surface area contributed by atoms with Crippen molar-refractivity contribution in [1.29, 1.82) is 0 Å². The molecule has 128 valence electrons. The Morgan fingerprint density at radius 2 is 2.26 bits per heavy atom. The molecule has 2 aliphatic heterocycles. The molecule has 0 bridgehead atoms. The Balaban J connectivity index is 1.49. The standard InChI is InChI=1S/C17H27N3O2S/c21-17(18-7-10-19-8-1-2-9-19)20(13-15-5-3-11-22-15)14-16-6-4-12-23-16/h4,6,12,15H,1-3,5,7-11,13-14H2,(H,18,21)/t15-/m1/s1. The molecule has 3 heterocycles. The Bertz CT molecular complexity index is 468. The van der Waals surface area contributed by atoms with Crippen molar-refractivity contribution in [2.45, 2.75) is 38.3 Å². The number of carbonyl (C=O) groups excluding carboxylic acids is 1. The van der Waals surface area contributed by atoms with Gasteiger partial charge in [-0.3, -0.25) is 0 Å². The number of hydrogen-bond donors (Lipinski definition) is 1. The van der Waals surface area contributed by atoms with Gasteiger partial charge in [0.15, 0.2) is 0 Å². The predicted molar refractivity (Wildman–Crippen MR) is 92.8 cm³/mol. The highest BCUT2D eigenvalue weighted by atomic mass is 32.1. The third-order valence-electron chi connectivity index (χ3n) is 4.56. The summed E-state index contributed by atoms with van der Waals surface area (Å²) >= 11 is 1.70. The van der Waals surface area contributed by atoms with Crippen LogP contribution in [0.3, 0.4) is 0 Å². The first-order chi connectivity index (χ1) is 11.3. The zero-order valence-electron chi connectivity index (χ0n) is 13.7. The summed E-state index contributed by atoms with van der Waals surface area (Å²) in [6, 6.07) is 4.16. The minimum Gasteiger partial charge on any atom is -0.376 e. The molecule has 1 aromatic rings. The Morgan fingerprint density at radius 1 is 1.39 bits per heavy atom. The zero-order valence-corrected chi connectivity index (χ0v) is 14.5. The molecule has 2 saturated heterocycles. The molecule has 23 heavy (non-hydrogen) atoms. The van der Waals surface area contributed by atoms with E-state index in [1.54, 1.807) is 11.3 Å². The fourth-order valence-electron chi connectivity index (χ4n) is 3.28. The summed E-state index contributed by atoms with van der Waals surface area (Å²) in [6.07, 6.45) is 4.93. The monoisotopic (exact) mass is 337 g/mol. The van der Waals surface area contributed by atoms with Crippen LogP contribution in [-0.2, 0) is 11.3 Å². The van der Waals surface area contributed by atoms with Gasteiger partial charge in [0.25, 0.3) is 0 Å². The number of nitrogens with one attached hydrogen (secondary N) is 1. The van der Waals surface area contributed by atoms with Gasteiger partial charge in [0, 0.05) is 31.1 Å². The maximum absolute atomic E-state index is 12.6. The van der Waals surface area contributed by atoms with E-state index in [1.165, 1.54) is 30.8 Å². The van der Waals surface area contributed by atoms with Crippen LogP contribution in [0.5, 0.6) is 0 Å². The van der Waals surface area contributed by atoms with Gasteiger partial charge in [0.1, 0.15) is 0 Å². The van der Waals surface area contributed by atoms with E-state index in [0.29, 0.717) is 13.1 Å². The van der Waals surface area contributed by atoms with E-state index < -0.39 is 0 Å². The van der Waals surface area contributed by atoms with Crippen LogP contribution >= 0.6 is 11.3 Å². The van der Waals surface area contributed by atoms with E-state index in [9.17, 15) is 4.79 Å². The molecular weight excluding hydrogens is 310 g/mol. The molecule has 0 aliphatic carbocycles. The van der Waals surface area contributed by atoms with Crippen molar-refractivity contribution in [1.82, 2.24) is 15.1 Å². The minimum atomic E-state index is 0.0353. The molecule has 1 atom stereocenters. The topological polar surface area (TPSA) is 44.8 Å². The average Bonchev–Trinajstić information content (AvgIpc) is 3.30. The third kappa shape index (κ3) is 5.19. The lowest BCUT2D eigenvalue weighted by Gasteiger charge is -2.26. The fraction of sp³-hybridized carbons (Fsp3) is 0.706. The summed E-state index contributed by atoms with van der Waals surface area (Å²) in [5, 5.41) is 5.15. The van der Waals surface area contributed by atoms with Crippen LogP contribution in [-0.4, -0.2) is 61.3 Å². The van der Waals surface area contributed by atoms with Crippen LogP contribution in [0.15, 0.2) is 17.5 Å². The number of ether oxygens (including phenoxy) is 1. The molecule has 6 heteroatoms. The Labute approximate surface area is 142 Å². The fourth-order valence-corrected chi connectivity index (χ4v) is 4.00. The molecule has 0 radical (unpaired) electrons. The number of thiophene rings is 1. The van der Waals surface area contributed by atoms with Gasteiger partial charge < -0.3 is 19.9 Å². The van der Waals surface area contributed by atoms with Gasteiger partial charge in [-0.25, -0.2) is 4.79 Å². The molecule has 2 amide bonds. The van der Waals surface area contributed by atoms with Crippen molar-refractivity contribution in [2.75, 3.05) is 39.3 Å². The third-order valence-corrected chi connectivity index (χ3v) is 5.43. The lowest BCUT2D eigenvalue weighted by Crippen LogP contribution is -2.45. The molecule has 2 aliphatic rings. The van der Waals surface area contributed by atoms with Crippen molar-refractivity contribution < 1.29 is 9.53 Å². The summed E-state index contributed by atoms with van der Waals surface area (Å²) in [7, 11) is 0. The van der Waals surface area contributed by atoms with Crippen molar-refractivity contribution in [3.05, 3.63) is 22.4 Å². The highest BCUT2D eigenvalue weighted by Crippen LogP contribution is 2.17. The van der Waals surface area contributed by atoms with Gasteiger partial charge in [0.05, 0.1) is 12.6 Å². The van der Waals surface area contributed by atoms with Gasteiger partial charge in [0.2, 0.25) is 0 Å². The van der Waals surface area contributed by atoms with Crippen molar-refractivity contribution in [3.8, 4) is 0 Å². The SMILES string of the molecule is O=C(NCCN1CCCC1)N(Cc1cccs1)C[C@H]1CCCO1. The van der Waals surface area contributed by atoms with E-state index in [2.05, 4.69) is 21.7 Å². The molecule has 0 aromatic carbocycles. The molecule has 1 N–H and O–H groups in total. The van der Waals surface area contributed by atoms with Gasteiger partial charge in [-0.2, -0.15) is 0 Å². The largest absolute Gasteiger partial charge is 0.376 e. The second-order valence-electron chi connectivity index (χ2n) is 6.38. The van der Waals surface area contributed by atoms with Crippen LogP contribution in [0.25, 0.3) is 0 Å². The average molecular weight is 337 g/mol. The number of nitrogens with zero attached hydrogens (tertiary/aromatic N) is 2. The maximum atomic E-state index is 12.6. The van der Waals surface area contributed by atoms with E-state index in [1.807, 2.05) is 11.0 Å². The molecule has 1 aromatic heterocycles. The molecule has 2 fully saturated rings. The van der Waals surface area contributed by atoms with Crippen LogP contribution in [0, 0.1) is 0 Å². The maximum Gasteiger partial charge on any atom is 0.317 e. The predicted octanol–water partition coefficient (Wildman–Crippen LogP) is 2.53. The lowest BCUT2D eigenvalue weighted by atomic mass is 10.2. The number of likely N-dealkylation sites (tertiary alicyclic amines) is 1. The normalized spacial score (nSPS) is 21.7. The highest BCUT2D eigenvalue weighted by Gasteiger charge is 2.23. The highest BCUT2D eigenvalue weighted by molar-refractivity contribution is 7.09. The first-order valence-corrected chi connectivity index (χ1v) is 9.58. The minimum absolute atomic E-state index is 0.0353. The molecule has 5 nitrogen and oxygen atoms in total. The summed E-state index contributed by atoms with van der Waals surface area (Å²) in [5.74, 6) is 0. The lowest BCUT2D eigenvalue weighted by molar-refractivity contribution is 0.0796. The van der Waals surface area contributed by atoms with Crippen LogP contribution in [0.1, 0.15) is 30.6 Å². The molecule has 0 saturated carbocycles. The Morgan fingerprint density at radius 3 is 2.96 bits per heavy atom. The summed E-state index contributed by atoms with van der Waals surface area (Å²) in [5.41, 5.74) is 0. The number of carbonyl (C=O) groups is 1. The van der Waals surface area contributed by atoms with Gasteiger partial charge >= 0.3 is 6.03 Å². The van der Waals surface area contributed by atoms with Gasteiger partial charge in [-0.15, -0.1) is 11.3 Å². The first-order valence-electron chi connectivity index (χ1n) is 8.70. The summed E-state index contributed by atoms with van der Waals surface area (Å²) < 4.78 is 5.71. The molecular formula is C17H27N3O2S. The number of amides is 2. The number of urea groups is 1. The zero-order chi connectivity index (χ0) is 15.9. The molecule has 0 unspecified atom stereocenters. The second kappa shape index (κ2) is 8.66. The molecule has 3 rings (SSSR count). The van der Waals surface area contributed by atoms with E-state index in [0.717, 1.165) is 32.5 Å². The van der Waals surface area contributed by atoms with Crippen molar-refractivity contribution in [2.24, 2.45) is 0 Å². The van der Waals surface area contributed by atoms with Crippen molar-refractivity contribution >= 4 is 17.4 Å². The van der Waals surface area contributed by atoms with Crippen molar-refractivity contribution in [3.63, 3.8) is 0 Å². The van der Waals surface area contributed by atoms with Gasteiger partial charge in [-0.1, -0.05) is 6.07 Å². The summed E-state index contributed by atoms with van der Waals surface area (Å²) in [6.45, 7) is 6.22. The number of rotatable bonds is 7. The smallest absolute Gasteiger partial charge is 0.317 e.